The van der Waals surface area contributed by atoms with Crippen LogP contribution in [-0.4, -0.2) is 10.6 Å². The summed E-state index contributed by atoms with van der Waals surface area (Å²) in [7, 11) is 0. The van der Waals surface area contributed by atoms with Crippen LogP contribution in [0.15, 0.2) is 24.3 Å². The number of aliphatic hydroxyl groups is 1. The molecule has 1 atom stereocenters. The highest BCUT2D eigenvalue weighted by Crippen LogP contribution is 2.40. The molecule has 0 aromatic heterocycles. The smallest absolute Gasteiger partial charge is 0.0807 e. The Morgan fingerprint density at radius 1 is 1.36 bits per heavy atom. The van der Waals surface area contributed by atoms with Crippen molar-refractivity contribution in [1.29, 1.82) is 0 Å². The summed E-state index contributed by atoms with van der Waals surface area (Å²) in [6, 6.07) is 8.00. The molecule has 3 N–H and O–H groups in total. The number of rotatable bonds is 3. The van der Waals surface area contributed by atoms with E-state index in [1.807, 2.05) is 31.2 Å². The van der Waals surface area contributed by atoms with Gasteiger partial charge in [0.25, 0.3) is 0 Å². The van der Waals surface area contributed by atoms with Crippen LogP contribution in [0.4, 0.5) is 0 Å². The Morgan fingerprint density at radius 3 is 2.43 bits per heavy atom. The summed E-state index contributed by atoms with van der Waals surface area (Å²) in [4.78, 5) is 0. The molecule has 14 heavy (non-hydrogen) atoms. The number of hydrogen-bond acceptors (Lipinski definition) is 2. The molecule has 1 aromatic carbocycles. The van der Waals surface area contributed by atoms with Gasteiger partial charge in [0.15, 0.2) is 0 Å². The van der Waals surface area contributed by atoms with Gasteiger partial charge in [0.2, 0.25) is 0 Å². The van der Waals surface area contributed by atoms with Gasteiger partial charge in [0.05, 0.1) is 6.10 Å². The molecule has 0 saturated heterocycles. The lowest BCUT2D eigenvalue weighted by Gasteiger charge is -2.15. The molecule has 2 heteroatoms. The molecule has 0 spiro atoms. The summed E-state index contributed by atoms with van der Waals surface area (Å²) in [6.45, 7) is 2.04. The minimum atomic E-state index is -0.400. The third-order valence-electron chi connectivity index (χ3n) is 2.95. The van der Waals surface area contributed by atoms with E-state index in [4.69, 9.17) is 5.73 Å². The number of benzene rings is 1. The van der Waals surface area contributed by atoms with Gasteiger partial charge in [0, 0.05) is 5.54 Å². The van der Waals surface area contributed by atoms with Gasteiger partial charge in [-0.05, 0) is 31.7 Å². The van der Waals surface area contributed by atoms with Crippen molar-refractivity contribution < 1.29 is 5.11 Å². The predicted octanol–water partition coefficient (Wildman–Crippen LogP) is 1.91. The van der Waals surface area contributed by atoms with Crippen molar-refractivity contribution in [3.8, 4) is 0 Å². The van der Waals surface area contributed by atoms with Crippen LogP contribution in [0.5, 0.6) is 0 Å². The predicted molar refractivity (Wildman–Crippen MR) is 56.9 cm³/mol. The topological polar surface area (TPSA) is 46.2 Å². The van der Waals surface area contributed by atoms with Crippen molar-refractivity contribution in [3.63, 3.8) is 0 Å². The number of aryl methyl sites for hydroxylation is 1. The molecule has 1 fully saturated rings. The SMILES string of the molecule is Cc1ccc(C(O)CC2(N)CC2)cc1. The van der Waals surface area contributed by atoms with Crippen molar-refractivity contribution in [3.05, 3.63) is 35.4 Å². The zero-order valence-electron chi connectivity index (χ0n) is 8.53. The Morgan fingerprint density at radius 2 is 1.93 bits per heavy atom. The summed E-state index contributed by atoms with van der Waals surface area (Å²) in [5.41, 5.74) is 8.07. The molecule has 1 aliphatic rings. The van der Waals surface area contributed by atoms with Crippen LogP contribution >= 0.6 is 0 Å². The van der Waals surface area contributed by atoms with Gasteiger partial charge in [-0.15, -0.1) is 0 Å². The summed E-state index contributed by atoms with van der Waals surface area (Å²) in [6.07, 6.45) is 2.39. The van der Waals surface area contributed by atoms with Crippen LogP contribution < -0.4 is 5.73 Å². The van der Waals surface area contributed by atoms with Crippen LogP contribution in [0.3, 0.4) is 0 Å². The van der Waals surface area contributed by atoms with E-state index in [0.717, 1.165) is 18.4 Å². The lowest BCUT2D eigenvalue weighted by Crippen LogP contribution is -2.24. The van der Waals surface area contributed by atoms with Gasteiger partial charge >= 0.3 is 0 Å². The van der Waals surface area contributed by atoms with E-state index in [-0.39, 0.29) is 5.54 Å². The van der Waals surface area contributed by atoms with Crippen molar-refractivity contribution in [2.75, 3.05) is 0 Å². The maximum absolute atomic E-state index is 9.91. The number of aliphatic hydroxyl groups excluding tert-OH is 1. The molecule has 0 aliphatic heterocycles. The van der Waals surface area contributed by atoms with Gasteiger partial charge in [-0.25, -0.2) is 0 Å². The van der Waals surface area contributed by atoms with Crippen LogP contribution in [0.25, 0.3) is 0 Å². The molecular weight excluding hydrogens is 174 g/mol. The van der Waals surface area contributed by atoms with E-state index in [0.29, 0.717) is 6.42 Å². The Kier molecular flexibility index (Phi) is 2.33. The fourth-order valence-corrected chi connectivity index (χ4v) is 1.66. The number of hydrogen-bond donors (Lipinski definition) is 2. The largest absolute Gasteiger partial charge is 0.388 e. The normalized spacial score (nSPS) is 20.5. The highest BCUT2D eigenvalue weighted by molar-refractivity contribution is 5.24. The Labute approximate surface area is 84.7 Å². The zero-order chi connectivity index (χ0) is 10.2. The summed E-state index contributed by atoms with van der Waals surface area (Å²) >= 11 is 0. The van der Waals surface area contributed by atoms with E-state index in [1.165, 1.54) is 5.56 Å². The van der Waals surface area contributed by atoms with E-state index >= 15 is 0 Å². The zero-order valence-corrected chi connectivity index (χ0v) is 8.53. The lowest BCUT2D eigenvalue weighted by molar-refractivity contribution is 0.154. The van der Waals surface area contributed by atoms with E-state index in [2.05, 4.69) is 0 Å². The van der Waals surface area contributed by atoms with Crippen molar-refractivity contribution in [1.82, 2.24) is 0 Å². The van der Waals surface area contributed by atoms with Gasteiger partial charge < -0.3 is 10.8 Å². The molecule has 2 nitrogen and oxygen atoms in total. The first-order chi connectivity index (χ1) is 6.59. The molecule has 2 rings (SSSR count). The van der Waals surface area contributed by atoms with Crippen LogP contribution in [0, 0.1) is 6.92 Å². The molecule has 0 amide bonds. The highest BCUT2D eigenvalue weighted by atomic mass is 16.3. The second-order valence-electron chi connectivity index (χ2n) is 4.49. The standard InChI is InChI=1S/C12H17NO/c1-9-2-4-10(5-3-9)11(14)8-12(13)6-7-12/h2-5,11,14H,6-8,13H2,1H3. The Hall–Kier alpha value is -0.860. The van der Waals surface area contributed by atoms with Crippen molar-refractivity contribution in [2.24, 2.45) is 5.73 Å². The fourth-order valence-electron chi connectivity index (χ4n) is 1.66. The molecule has 0 heterocycles. The van der Waals surface area contributed by atoms with E-state index in [1.54, 1.807) is 0 Å². The molecule has 1 aliphatic carbocycles. The average molecular weight is 191 g/mol. The first-order valence-electron chi connectivity index (χ1n) is 5.13. The highest BCUT2D eigenvalue weighted by Gasteiger charge is 2.39. The fraction of sp³-hybridized carbons (Fsp3) is 0.500. The lowest BCUT2D eigenvalue weighted by atomic mass is 10.0. The van der Waals surface area contributed by atoms with Gasteiger partial charge in [-0.3, -0.25) is 0 Å². The molecule has 76 valence electrons. The summed E-state index contributed by atoms with van der Waals surface area (Å²) < 4.78 is 0. The molecular formula is C12H17NO. The first-order valence-corrected chi connectivity index (χ1v) is 5.13. The van der Waals surface area contributed by atoms with E-state index in [9.17, 15) is 5.11 Å². The maximum atomic E-state index is 9.91. The summed E-state index contributed by atoms with van der Waals surface area (Å²) in [5.74, 6) is 0. The van der Waals surface area contributed by atoms with E-state index < -0.39 is 6.10 Å². The van der Waals surface area contributed by atoms with Crippen LogP contribution in [0.1, 0.15) is 36.5 Å². The first kappa shape index (κ1) is 9.69. The third-order valence-corrected chi connectivity index (χ3v) is 2.95. The van der Waals surface area contributed by atoms with Crippen LogP contribution in [-0.2, 0) is 0 Å². The average Bonchev–Trinajstić information content (AvgIpc) is 2.84. The third kappa shape index (κ3) is 2.14. The second-order valence-corrected chi connectivity index (χ2v) is 4.49. The minimum absolute atomic E-state index is 0.0791. The summed E-state index contributed by atoms with van der Waals surface area (Å²) in [5, 5.41) is 9.91. The maximum Gasteiger partial charge on any atom is 0.0807 e. The molecule has 0 radical (unpaired) electrons. The second kappa shape index (κ2) is 3.37. The molecule has 1 aromatic rings. The van der Waals surface area contributed by atoms with Gasteiger partial charge in [-0.1, -0.05) is 29.8 Å². The van der Waals surface area contributed by atoms with Gasteiger partial charge in [-0.2, -0.15) is 0 Å². The molecule has 0 bridgehead atoms. The Balaban J connectivity index is 2.03. The Bertz CT molecular complexity index is 314. The van der Waals surface area contributed by atoms with Crippen LogP contribution in [0.2, 0.25) is 0 Å². The van der Waals surface area contributed by atoms with Crippen molar-refractivity contribution in [2.45, 2.75) is 37.8 Å². The minimum Gasteiger partial charge on any atom is -0.388 e. The molecule has 1 unspecified atom stereocenters. The quantitative estimate of drug-likeness (QED) is 0.766. The monoisotopic (exact) mass is 191 g/mol. The van der Waals surface area contributed by atoms with Gasteiger partial charge in [0.1, 0.15) is 0 Å². The van der Waals surface area contributed by atoms with Crippen molar-refractivity contribution >= 4 is 0 Å². The number of nitrogens with two attached hydrogens (primary N) is 1. The molecule has 1 saturated carbocycles.